The van der Waals surface area contributed by atoms with Crippen LogP contribution < -0.4 is 5.32 Å². The maximum Gasteiger partial charge on any atom is 0.247 e. The third-order valence-electron chi connectivity index (χ3n) is 2.87. The van der Waals surface area contributed by atoms with Gasteiger partial charge in [-0.2, -0.15) is 0 Å². The molecule has 3 rings (SSSR count). The number of carbonyl (C=O) groups excluding carboxylic acids is 1. The van der Waals surface area contributed by atoms with Crippen LogP contribution in [0, 0.1) is 0 Å². The summed E-state index contributed by atoms with van der Waals surface area (Å²) in [5, 5.41) is 10.5. The number of aryl methyl sites for hydroxylation is 1. The van der Waals surface area contributed by atoms with Gasteiger partial charge in [0.05, 0.1) is 0 Å². The predicted molar refractivity (Wildman–Crippen MR) is 78.7 cm³/mol. The van der Waals surface area contributed by atoms with E-state index in [1.165, 1.54) is 0 Å². The predicted octanol–water partition coefficient (Wildman–Crippen LogP) is 2.10. The quantitative estimate of drug-likeness (QED) is 0.774. The standard InChI is InChI=1S/C15H13N5O2/c21-12(18-15-16-9-4-10-17-15)7-8-13-19-20-14(22-13)11-5-2-1-3-6-11/h1-6,9-10H,7-8H2,(H,16,17,18,21). The second kappa shape index (κ2) is 6.57. The molecule has 7 nitrogen and oxygen atoms in total. The highest BCUT2D eigenvalue weighted by atomic mass is 16.4. The lowest BCUT2D eigenvalue weighted by atomic mass is 10.2. The van der Waals surface area contributed by atoms with Gasteiger partial charge >= 0.3 is 0 Å². The van der Waals surface area contributed by atoms with Gasteiger partial charge in [0.25, 0.3) is 0 Å². The number of nitrogens with zero attached hydrogens (tertiary/aromatic N) is 4. The van der Waals surface area contributed by atoms with Crippen molar-refractivity contribution < 1.29 is 9.21 Å². The van der Waals surface area contributed by atoms with E-state index in [1.54, 1.807) is 18.5 Å². The number of carbonyl (C=O) groups is 1. The minimum atomic E-state index is -0.203. The van der Waals surface area contributed by atoms with Gasteiger partial charge in [0.15, 0.2) is 0 Å². The summed E-state index contributed by atoms with van der Waals surface area (Å²) in [6.07, 6.45) is 3.70. The van der Waals surface area contributed by atoms with Gasteiger partial charge in [-0.25, -0.2) is 9.97 Å². The summed E-state index contributed by atoms with van der Waals surface area (Å²) in [4.78, 5) is 19.6. The smallest absolute Gasteiger partial charge is 0.247 e. The molecule has 0 aliphatic heterocycles. The van der Waals surface area contributed by atoms with Gasteiger partial charge in [-0.05, 0) is 18.2 Å². The number of anilines is 1. The Kier molecular flexibility index (Phi) is 4.15. The second-order valence-electron chi connectivity index (χ2n) is 4.49. The molecule has 0 unspecified atom stereocenters. The monoisotopic (exact) mass is 295 g/mol. The minimum absolute atomic E-state index is 0.203. The van der Waals surface area contributed by atoms with Crippen LogP contribution in [0.1, 0.15) is 12.3 Å². The number of benzene rings is 1. The number of nitrogens with one attached hydrogen (secondary N) is 1. The molecule has 0 saturated carbocycles. The van der Waals surface area contributed by atoms with E-state index in [9.17, 15) is 4.79 Å². The SMILES string of the molecule is O=C(CCc1nnc(-c2ccccc2)o1)Nc1ncccn1. The highest BCUT2D eigenvalue weighted by Gasteiger charge is 2.10. The van der Waals surface area contributed by atoms with Crippen LogP contribution in [-0.2, 0) is 11.2 Å². The first-order valence-electron chi connectivity index (χ1n) is 6.76. The summed E-state index contributed by atoms with van der Waals surface area (Å²) in [6.45, 7) is 0. The minimum Gasteiger partial charge on any atom is -0.421 e. The Morgan fingerprint density at radius 3 is 2.59 bits per heavy atom. The first-order chi connectivity index (χ1) is 10.8. The summed E-state index contributed by atoms with van der Waals surface area (Å²) in [6, 6.07) is 11.2. The van der Waals surface area contributed by atoms with Crippen molar-refractivity contribution in [2.45, 2.75) is 12.8 Å². The van der Waals surface area contributed by atoms with E-state index in [0.717, 1.165) is 5.56 Å². The molecule has 7 heteroatoms. The van der Waals surface area contributed by atoms with Crippen LogP contribution in [0.3, 0.4) is 0 Å². The summed E-state index contributed by atoms with van der Waals surface area (Å²) >= 11 is 0. The zero-order valence-electron chi connectivity index (χ0n) is 11.6. The summed E-state index contributed by atoms with van der Waals surface area (Å²) in [5.74, 6) is 0.944. The van der Waals surface area contributed by atoms with E-state index in [0.29, 0.717) is 18.2 Å². The summed E-state index contributed by atoms with van der Waals surface area (Å²) in [7, 11) is 0. The number of amides is 1. The van der Waals surface area contributed by atoms with Crippen LogP contribution >= 0.6 is 0 Å². The maximum absolute atomic E-state index is 11.8. The molecule has 0 saturated heterocycles. The summed E-state index contributed by atoms with van der Waals surface area (Å²) in [5.41, 5.74) is 0.850. The normalized spacial score (nSPS) is 10.4. The number of hydrogen-bond acceptors (Lipinski definition) is 6. The maximum atomic E-state index is 11.8. The van der Waals surface area contributed by atoms with Crippen molar-refractivity contribution in [3.05, 3.63) is 54.7 Å². The van der Waals surface area contributed by atoms with Gasteiger partial charge in [-0.3, -0.25) is 10.1 Å². The van der Waals surface area contributed by atoms with Crippen molar-refractivity contribution in [1.82, 2.24) is 20.2 Å². The average molecular weight is 295 g/mol. The Labute approximate surface area is 126 Å². The molecule has 0 spiro atoms. The zero-order chi connectivity index (χ0) is 15.2. The molecule has 3 aromatic rings. The van der Waals surface area contributed by atoms with E-state index < -0.39 is 0 Å². The molecule has 2 aromatic heterocycles. The van der Waals surface area contributed by atoms with Crippen LogP contribution in [0.4, 0.5) is 5.95 Å². The van der Waals surface area contributed by atoms with Gasteiger partial charge in [-0.15, -0.1) is 10.2 Å². The largest absolute Gasteiger partial charge is 0.421 e. The fourth-order valence-electron chi connectivity index (χ4n) is 1.82. The highest BCUT2D eigenvalue weighted by Crippen LogP contribution is 2.17. The van der Waals surface area contributed by atoms with Crippen LogP contribution in [0.5, 0.6) is 0 Å². The molecule has 110 valence electrons. The molecule has 0 fully saturated rings. The molecule has 1 amide bonds. The van der Waals surface area contributed by atoms with E-state index in [4.69, 9.17) is 4.42 Å². The van der Waals surface area contributed by atoms with Gasteiger partial charge in [0, 0.05) is 30.8 Å². The van der Waals surface area contributed by atoms with Crippen LogP contribution in [0.2, 0.25) is 0 Å². The van der Waals surface area contributed by atoms with E-state index >= 15 is 0 Å². The topological polar surface area (TPSA) is 93.8 Å². The first-order valence-corrected chi connectivity index (χ1v) is 6.76. The fourth-order valence-corrected chi connectivity index (χ4v) is 1.82. The molecule has 2 heterocycles. The van der Waals surface area contributed by atoms with Crippen molar-refractivity contribution in [2.75, 3.05) is 5.32 Å². The molecular formula is C15H13N5O2. The Hall–Kier alpha value is -3.09. The molecule has 0 aliphatic rings. The van der Waals surface area contributed by atoms with Crippen LogP contribution in [0.15, 0.2) is 53.2 Å². The number of rotatable bonds is 5. The molecule has 0 radical (unpaired) electrons. The van der Waals surface area contributed by atoms with Crippen molar-refractivity contribution in [1.29, 1.82) is 0 Å². The van der Waals surface area contributed by atoms with Gasteiger partial charge < -0.3 is 4.42 Å². The highest BCUT2D eigenvalue weighted by molar-refractivity contribution is 5.88. The average Bonchev–Trinajstić information content (AvgIpc) is 3.04. The lowest BCUT2D eigenvalue weighted by Crippen LogP contribution is -2.14. The zero-order valence-corrected chi connectivity index (χ0v) is 11.6. The number of hydrogen-bond donors (Lipinski definition) is 1. The fraction of sp³-hybridized carbons (Fsp3) is 0.133. The molecule has 0 aliphatic carbocycles. The van der Waals surface area contributed by atoms with Crippen molar-refractivity contribution in [2.24, 2.45) is 0 Å². The third-order valence-corrected chi connectivity index (χ3v) is 2.87. The van der Waals surface area contributed by atoms with Crippen molar-refractivity contribution in [3.8, 4) is 11.5 Å². The molecular weight excluding hydrogens is 282 g/mol. The Morgan fingerprint density at radius 1 is 1.05 bits per heavy atom. The van der Waals surface area contributed by atoms with E-state index in [-0.39, 0.29) is 18.3 Å². The van der Waals surface area contributed by atoms with E-state index in [2.05, 4.69) is 25.5 Å². The van der Waals surface area contributed by atoms with Gasteiger partial charge in [-0.1, -0.05) is 18.2 Å². The third kappa shape index (κ3) is 3.51. The van der Waals surface area contributed by atoms with Gasteiger partial charge in [0.2, 0.25) is 23.6 Å². The molecule has 22 heavy (non-hydrogen) atoms. The molecule has 0 bridgehead atoms. The van der Waals surface area contributed by atoms with Gasteiger partial charge in [0.1, 0.15) is 0 Å². The lowest BCUT2D eigenvalue weighted by molar-refractivity contribution is -0.116. The van der Waals surface area contributed by atoms with Crippen molar-refractivity contribution >= 4 is 11.9 Å². The second-order valence-corrected chi connectivity index (χ2v) is 4.49. The first kappa shape index (κ1) is 13.9. The van der Waals surface area contributed by atoms with Crippen LogP contribution in [-0.4, -0.2) is 26.1 Å². The molecule has 1 aromatic carbocycles. The lowest BCUT2D eigenvalue weighted by Gasteiger charge is -2.00. The van der Waals surface area contributed by atoms with Crippen LogP contribution in [0.25, 0.3) is 11.5 Å². The summed E-state index contributed by atoms with van der Waals surface area (Å²) < 4.78 is 5.54. The molecule has 1 N–H and O–H groups in total. The van der Waals surface area contributed by atoms with Crippen molar-refractivity contribution in [3.63, 3.8) is 0 Å². The van der Waals surface area contributed by atoms with E-state index in [1.807, 2.05) is 30.3 Å². The molecule has 0 atom stereocenters. The Bertz CT molecular complexity index is 743. The number of aromatic nitrogens is 4. The Morgan fingerprint density at radius 2 is 1.82 bits per heavy atom. The Balaban J connectivity index is 1.56.